The van der Waals surface area contributed by atoms with Gasteiger partial charge in [0.15, 0.2) is 0 Å². The third-order valence-corrected chi connectivity index (χ3v) is 6.72. The van der Waals surface area contributed by atoms with Crippen LogP contribution in [0.1, 0.15) is 60.5 Å². The molecular weight excluding hydrogens is 378 g/mol. The van der Waals surface area contributed by atoms with Gasteiger partial charge >= 0.3 is 5.97 Å². The molecule has 1 spiro atoms. The first-order valence-electron chi connectivity index (χ1n) is 10.5. The molecule has 3 aliphatic rings. The summed E-state index contributed by atoms with van der Waals surface area (Å²) in [5, 5.41) is 7.03. The molecule has 5 nitrogen and oxygen atoms in total. The van der Waals surface area contributed by atoms with Gasteiger partial charge in [-0.05, 0) is 61.3 Å². The lowest BCUT2D eigenvalue weighted by Crippen LogP contribution is -2.52. The van der Waals surface area contributed by atoms with E-state index >= 15 is 0 Å². The van der Waals surface area contributed by atoms with Crippen molar-refractivity contribution in [3.63, 3.8) is 0 Å². The highest BCUT2D eigenvalue weighted by Gasteiger charge is 2.57. The van der Waals surface area contributed by atoms with Crippen LogP contribution >= 0.6 is 0 Å². The molecule has 4 rings (SSSR count). The van der Waals surface area contributed by atoms with Crippen molar-refractivity contribution in [2.45, 2.75) is 50.5 Å². The Balaban J connectivity index is 1.53. The quantitative estimate of drug-likeness (QED) is 0.717. The van der Waals surface area contributed by atoms with Gasteiger partial charge in [-0.25, -0.2) is 13.6 Å². The zero-order chi connectivity index (χ0) is 20.5. The van der Waals surface area contributed by atoms with Crippen molar-refractivity contribution < 1.29 is 23.0 Å². The van der Waals surface area contributed by atoms with Gasteiger partial charge in [0.2, 0.25) is 5.92 Å². The zero-order valence-electron chi connectivity index (χ0n) is 16.9. The molecule has 1 saturated carbocycles. The van der Waals surface area contributed by atoms with Gasteiger partial charge in [-0.1, -0.05) is 6.07 Å². The fourth-order valence-corrected chi connectivity index (χ4v) is 5.17. The Morgan fingerprint density at radius 1 is 1.31 bits per heavy atom. The van der Waals surface area contributed by atoms with Gasteiger partial charge in [0.05, 0.1) is 12.7 Å². The Labute approximate surface area is 170 Å². The maximum Gasteiger partial charge on any atom is 0.337 e. The molecular formula is C22H30F2N2O3. The standard InChI is InChI=1S/C22H30F2N2O3/c1-28-20(27)16-2-3-17(18(10-16)26-12-15-4-8-29-9-5-15)19-11-21(6-7-25-19)13-22(23,24)14-21/h2-3,10,15,19,25-26H,4-9,11-14H2,1H3. The Morgan fingerprint density at radius 3 is 2.76 bits per heavy atom. The Hall–Kier alpha value is -1.73. The van der Waals surface area contributed by atoms with E-state index < -0.39 is 5.92 Å². The van der Waals surface area contributed by atoms with E-state index in [9.17, 15) is 13.6 Å². The SMILES string of the molecule is COC(=O)c1ccc(C2CC3(CCN2)CC(F)(F)C3)c(NCC2CCOCC2)c1. The average molecular weight is 408 g/mol. The summed E-state index contributed by atoms with van der Waals surface area (Å²) in [6.45, 7) is 3.10. The number of hydrogen-bond donors (Lipinski definition) is 2. The van der Waals surface area contributed by atoms with E-state index in [2.05, 4.69) is 10.6 Å². The summed E-state index contributed by atoms with van der Waals surface area (Å²) in [5.41, 5.74) is 2.16. The van der Waals surface area contributed by atoms with Crippen LogP contribution in [0.3, 0.4) is 0 Å². The number of anilines is 1. The fraction of sp³-hybridized carbons (Fsp3) is 0.682. The minimum absolute atomic E-state index is 0.00346. The lowest BCUT2D eigenvalue weighted by molar-refractivity contribution is -0.174. The highest BCUT2D eigenvalue weighted by molar-refractivity contribution is 5.90. The van der Waals surface area contributed by atoms with Crippen LogP contribution in [0, 0.1) is 11.3 Å². The summed E-state index contributed by atoms with van der Waals surface area (Å²) in [5.74, 6) is -2.37. The predicted octanol–water partition coefficient (Wildman–Crippen LogP) is 4.15. The second kappa shape index (κ2) is 8.19. The topological polar surface area (TPSA) is 59.6 Å². The van der Waals surface area contributed by atoms with E-state index in [4.69, 9.17) is 9.47 Å². The van der Waals surface area contributed by atoms with Gasteiger partial charge in [-0.3, -0.25) is 0 Å². The third kappa shape index (κ3) is 4.56. The molecule has 2 N–H and O–H groups in total. The molecule has 1 aliphatic carbocycles. The van der Waals surface area contributed by atoms with Crippen LogP contribution in [-0.2, 0) is 9.47 Å². The molecule has 1 unspecified atom stereocenters. The average Bonchev–Trinajstić information content (AvgIpc) is 2.71. The van der Waals surface area contributed by atoms with Crippen molar-refractivity contribution in [3.8, 4) is 0 Å². The van der Waals surface area contributed by atoms with Crippen LogP contribution in [0.2, 0.25) is 0 Å². The van der Waals surface area contributed by atoms with E-state index in [1.165, 1.54) is 7.11 Å². The van der Waals surface area contributed by atoms with Crippen LogP contribution in [0.4, 0.5) is 14.5 Å². The first-order chi connectivity index (χ1) is 13.9. The molecule has 1 aromatic carbocycles. The first kappa shape index (κ1) is 20.5. The smallest absolute Gasteiger partial charge is 0.337 e. The number of esters is 1. The molecule has 1 aromatic rings. The normalized spacial score (nSPS) is 26.0. The Morgan fingerprint density at radius 2 is 2.07 bits per heavy atom. The zero-order valence-corrected chi connectivity index (χ0v) is 16.9. The number of carbonyl (C=O) groups is 1. The summed E-state index contributed by atoms with van der Waals surface area (Å²) in [6, 6.07) is 5.54. The van der Waals surface area contributed by atoms with Gasteiger partial charge in [-0.15, -0.1) is 0 Å². The largest absolute Gasteiger partial charge is 0.465 e. The van der Waals surface area contributed by atoms with Crippen molar-refractivity contribution in [2.24, 2.45) is 11.3 Å². The van der Waals surface area contributed by atoms with Gasteiger partial charge in [0.1, 0.15) is 0 Å². The second-order valence-corrected chi connectivity index (χ2v) is 8.90. The second-order valence-electron chi connectivity index (χ2n) is 8.90. The maximum absolute atomic E-state index is 13.6. The van der Waals surface area contributed by atoms with E-state index in [1.54, 1.807) is 6.07 Å². The number of methoxy groups -OCH3 is 1. The van der Waals surface area contributed by atoms with Crippen LogP contribution in [0.5, 0.6) is 0 Å². The first-order valence-corrected chi connectivity index (χ1v) is 10.5. The third-order valence-electron chi connectivity index (χ3n) is 6.72. The minimum Gasteiger partial charge on any atom is -0.465 e. The lowest BCUT2D eigenvalue weighted by atomic mass is 9.59. The Kier molecular flexibility index (Phi) is 5.80. The lowest BCUT2D eigenvalue weighted by Gasteiger charge is -2.52. The summed E-state index contributed by atoms with van der Waals surface area (Å²) < 4.78 is 37.5. The molecule has 2 heterocycles. The highest BCUT2D eigenvalue weighted by atomic mass is 19.3. The number of benzene rings is 1. The number of ether oxygens (including phenoxy) is 2. The number of halogens is 2. The number of hydrogen-bond acceptors (Lipinski definition) is 5. The van der Waals surface area contributed by atoms with Gasteiger partial charge in [0, 0.05) is 44.3 Å². The van der Waals surface area contributed by atoms with Crippen LogP contribution in [0.25, 0.3) is 0 Å². The molecule has 0 amide bonds. The molecule has 0 aromatic heterocycles. The predicted molar refractivity (Wildman–Crippen MR) is 106 cm³/mol. The van der Waals surface area contributed by atoms with Gasteiger partial charge in [0.25, 0.3) is 0 Å². The fourth-order valence-electron chi connectivity index (χ4n) is 5.17. The molecule has 1 atom stereocenters. The molecule has 7 heteroatoms. The van der Waals surface area contributed by atoms with Crippen molar-refractivity contribution in [3.05, 3.63) is 29.3 Å². The molecule has 29 heavy (non-hydrogen) atoms. The summed E-state index contributed by atoms with van der Waals surface area (Å²) >= 11 is 0. The van der Waals surface area contributed by atoms with Crippen molar-refractivity contribution >= 4 is 11.7 Å². The summed E-state index contributed by atoms with van der Waals surface area (Å²) in [6.07, 6.45) is 3.50. The number of piperidine rings is 1. The van der Waals surface area contributed by atoms with Crippen molar-refractivity contribution in [1.82, 2.24) is 5.32 Å². The summed E-state index contributed by atoms with van der Waals surface area (Å²) in [7, 11) is 1.37. The van der Waals surface area contributed by atoms with Gasteiger partial charge < -0.3 is 20.1 Å². The van der Waals surface area contributed by atoms with Gasteiger partial charge in [-0.2, -0.15) is 0 Å². The van der Waals surface area contributed by atoms with Crippen molar-refractivity contribution in [2.75, 3.05) is 38.7 Å². The number of alkyl halides is 2. The van der Waals surface area contributed by atoms with Crippen LogP contribution < -0.4 is 10.6 Å². The molecule has 3 fully saturated rings. The minimum atomic E-state index is -2.51. The van der Waals surface area contributed by atoms with E-state index in [1.807, 2.05) is 12.1 Å². The van der Waals surface area contributed by atoms with Crippen molar-refractivity contribution in [1.29, 1.82) is 0 Å². The molecule has 2 aliphatic heterocycles. The number of rotatable bonds is 5. The van der Waals surface area contributed by atoms with E-state index in [-0.39, 0.29) is 30.3 Å². The molecule has 160 valence electrons. The monoisotopic (exact) mass is 408 g/mol. The van der Waals surface area contributed by atoms with E-state index in [0.29, 0.717) is 17.9 Å². The molecule has 0 radical (unpaired) electrons. The summed E-state index contributed by atoms with van der Waals surface area (Å²) in [4.78, 5) is 12.0. The highest BCUT2D eigenvalue weighted by Crippen LogP contribution is 2.59. The Bertz CT molecular complexity index is 742. The van der Waals surface area contributed by atoms with Crippen LogP contribution in [0.15, 0.2) is 18.2 Å². The molecule has 2 saturated heterocycles. The number of carbonyl (C=O) groups excluding carboxylic acids is 1. The van der Waals surface area contributed by atoms with Crippen LogP contribution in [-0.4, -0.2) is 45.3 Å². The molecule has 0 bridgehead atoms. The maximum atomic E-state index is 13.6. The number of nitrogens with one attached hydrogen (secondary N) is 2. The van der Waals surface area contributed by atoms with E-state index in [0.717, 1.165) is 56.8 Å².